The van der Waals surface area contributed by atoms with Crippen molar-refractivity contribution in [3.05, 3.63) is 35.4 Å². The minimum absolute atomic E-state index is 0.230. The second-order valence-electron chi connectivity index (χ2n) is 4.98. The number of rotatable bonds is 3. The number of carbonyl (C=O) groups excluding carboxylic acids is 1. The Hall–Kier alpha value is -1.82. The monoisotopic (exact) mass is 242 g/mol. The fourth-order valence-electron chi connectivity index (χ4n) is 2.52. The van der Waals surface area contributed by atoms with Gasteiger partial charge in [0, 0.05) is 19.5 Å². The summed E-state index contributed by atoms with van der Waals surface area (Å²) in [6, 6.07) is 9.51. The van der Waals surface area contributed by atoms with Crippen molar-refractivity contribution in [1.29, 1.82) is 5.26 Å². The normalized spacial score (nSPS) is 15.3. The van der Waals surface area contributed by atoms with Crippen molar-refractivity contribution in [3.8, 4) is 6.07 Å². The Morgan fingerprint density at radius 1 is 1.33 bits per heavy atom. The molecule has 0 spiro atoms. The van der Waals surface area contributed by atoms with Gasteiger partial charge in [0.05, 0.1) is 11.6 Å². The van der Waals surface area contributed by atoms with E-state index < -0.39 is 0 Å². The maximum Gasteiger partial charge on any atom is 0.225 e. The zero-order valence-electron chi connectivity index (χ0n) is 10.7. The minimum Gasteiger partial charge on any atom is -0.341 e. The lowest BCUT2D eigenvalue weighted by molar-refractivity contribution is -0.134. The molecule has 0 aliphatic heterocycles. The minimum atomic E-state index is 0.230. The fourth-order valence-corrected chi connectivity index (χ4v) is 2.52. The van der Waals surface area contributed by atoms with Gasteiger partial charge in [0.2, 0.25) is 5.91 Å². The molecule has 0 atom stereocenters. The molecule has 18 heavy (non-hydrogen) atoms. The molecule has 3 heteroatoms. The van der Waals surface area contributed by atoms with Crippen LogP contribution in [0.15, 0.2) is 24.3 Å². The third kappa shape index (κ3) is 2.89. The van der Waals surface area contributed by atoms with Gasteiger partial charge in [-0.3, -0.25) is 4.79 Å². The average Bonchev–Trinajstić information content (AvgIpc) is 2.92. The van der Waals surface area contributed by atoms with E-state index in [0.29, 0.717) is 12.1 Å². The van der Waals surface area contributed by atoms with Gasteiger partial charge < -0.3 is 4.90 Å². The van der Waals surface area contributed by atoms with Crippen LogP contribution in [0.4, 0.5) is 0 Å². The Labute approximate surface area is 108 Å². The molecule has 1 aromatic rings. The summed E-state index contributed by atoms with van der Waals surface area (Å²) in [6.45, 7) is 0.626. The van der Waals surface area contributed by atoms with Crippen LogP contribution in [0.1, 0.15) is 36.8 Å². The molecule has 0 bridgehead atoms. The van der Waals surface area contributed by atoms with Gasteiger partial charge >= 0.3 is 0 Å². The molecule has 94 valence electrons. The lowest BCUT2D eigenvalue weighted by atomic mass is 10.1. The molecule has 0 heterocycles. The van der Waals surface area contributed by atoms with E-state index in [4.69, 9.17) is 5.26 Å². The number of benzene rings is 1. The Kier molecular flexibility index (Phi) is 3.99. The van der Waals surface area contributed by atoms with Gasteiger partial charge in [0.15, 0.2) is 0 Å². The van der Waals surface area contributed by atoms with E-state index in [1.54, 1.807) is 17.0 Å². The summed E-state index contributed by atoms with van der Waals surface area (Å²) in [5, 5.41) is 8.73. The summed E-state index contributed by atoms with van der Waals surface area (Å²) < 4.78 is 0. The number of hydrogen-bond acceptors (Lipinski definition) is 2. The molecule has 1 fully saturated rings. The van der Waals surface area contributed by atoms with E-state index in [-0.39, 0.29) is 11.8 Å². The van der Waals surface area contributed by atoms with Crippen LogP contribution < -0.4 is 0 Å². The van der Waals surface area contributed by atoms with Crippen LogP contribution in [-0.2, 0) is 11.3 Å². The fraction of sp³-hybridized carbons (Fsp3) is 0.467. The summed E-state index contributed by atoms with van der Waals surface area (Å²) in [5.74, 6) is 0.491. The second-order valence-corrected chi connectivity index (χ2v) is 4.98. The highest BCUT2D eigenvalue weighted by Gasteiger charge is 2.25. The van der Waals surface area contributed by atoms with Crippen LogP contribution in [-0.4, -0.2) is 17.9 Å². The summed E-state index contributed by atoms with van der Waals surface area (Å²) in [4.78, 5) is 13.9. The first-order valence-corrected chi connectivity index (χ1v) is 6.44. The van der Waals surface area contributed by atoms with Crippen molar-refractivity contribution in [2.75, 3.05) is 7.05 Å². The van der Waals surface area contributed by atoms with Crippen molar-refractivity contribution in [3.63, 3.8) is 0 Å². The predicted molar refractivity (Wildman–Crippen MR) is 69.6 cm³/mol. The van der Waals surface area contributed by atoms with E-state index in [1.807, 2.05) is 19.2 Å². The van der Waals surface area contributed by atoms with Crippen LogP contribution in [0, 0.1) is 17.2 Å². The van der Waals surface area contributed by atoms with Crippen molar-refractivity contribution < 1.29 is 4.79 Å². The molecule has 0 unspecified atom stereocenters. The van der Waals surface area contributed by atoms with Gasteiger partial charge in [-0.15, -0.1) is 0 Å². The molecule has 1 aliphatic rings. The van der Waals surface area contributed by atoms with Crippen LogP contribution in [0.2, 0.25) is 0 Å². The highest BCUT2D eigenvalue weighted by molar-refractivity contribution is 5.78. The molecule has 0 aromatic heterocycles. The zero-order chi connectivity index (χ0) is 13.0. The lowest BCUT2D eigenvalue weighted by Gasteiger charge is -2.21. The summed E-state index contributed by atoms with van der Waals surface area (Å²) in [7, 11) is 1.86. The van der Waals surface area contributed by atoms with Crippen molar-refractivity contribution in [2.24, 2.45) is 5.92 Å². The first kappa shape index (κ1) is 12.6. The van der Waals surface area contributed by atoms with Crippen LogP contribution in [0.25, 0.3) is 0 Å². The number of hydrogen-bond donors (Lipinski definition) is 0. The molecule has 1 aromatic carbocycles. The largest absolute Gasteiger partial charge is 0.341 e. The van der Waals surface area contributed by atoms with Crippen molar-refractivity contribution in [1.82, 2.24) is 4.90 Å². The zero-order valence-corrected chi connectivity index (χ0v) is 10.7. The SMILES string of the molecule is CN(Cc1ccc(C#N)cc1)C(=O)C1CCCC1. The maximum absolute atomic E-state index is 12.1. The van der Waals surface area contributed by atoms with Crippen LogP contribution in [0.5, 0.6) is 0 Å². The number of carbonyl (C=O) groups is 1. The average molecular weight is 242 g/mol. The van der Waals surface area contributed by atoms with Gasteiger partial charge in [-0.05, 0) is 30.5 Å². The van der Waals surface area contributed by atoms with E-state index in [1.165, 1.54) is 12.8 Å². The van der Waals surface area contributed by atoms with E-state index in [2.05, 4.69) is 6.07 Å². The predicted octanol–water partition coefficient (Wildman–Crippen LogP) is 2.71. The van der Waals surface area contributed by atoms with Gasteiger partial charge in [0.25, 0.3) is 0 Å². The van der Waals surface area contributed by atoms with Crippen LogP contribution >= 0.6 is 0 Å². The first-order valence-electron chi connectivity index (χ1n) is 6.44. The van der Waals surface area contributed by atoms with Gasteiger partial charge in [-0.1, -0.05) is 25.0 Å². The third-order valence-electron chi connectivity index (χ3n) is 3.58. The van der Waals surface area contributed by atoms with Crippen molar-refractivity contribution in [2.45, 2.75) is 32.2 Å². The molecule has 1 saturated carbocycles. The topological polar surface area (TPSA) is 44.1 Å². The number of nitriles is 1. The van der Waals surface area contributed by atoms with Crippen molar-refractivity contribution >= 4 is 5.91 Å². The molecule has 3 nitrogen and oxygen atoms in total. The maximum atomic E-state index is 12.1. The molecule has 0 N–H and O–H groups in total. The summed E-state index contributed by atoms with van der Waals surface area (Å²) in [6.07, 6.45) is 4.44. The Morgan fingerprint density at radius 2 is 1.94 bits per heavy atom. The third-order valence-corrected chi connectivity index (χ3v) is 3.58. The second kappa shape index (κ2) is 5.68. The Morgan fingerprint density at radius 3 is 2.50 bits per heavy atom. The van der Waals surface area contributed by atoms with E-state index >= 15 is 0 Å². The Bertz CT molecular complexity index is 452. The molecular formula is C15H18N2O. The molecule has 0 radical (unpaired) electrons. The van der Waals surface area contributed by atoms with Gasteiger partial charge in [-0.25, -0.2) is 0 Å². The highest BCUT2D eigenvalue weighted by Crippen LogP contribution is 2.26. The molecule has 1 amide bonds. The number of nitrogens with zero attached hydrogens (tertiary/aromatic N) is 2. The smallest absolute Gasteiger partial charge is 0.225 e. The first-order chi connectivity index (χ1) is 8.70. The lowest BCUT2D eigenvalue weighted by Crippen LogP contribution is -2.31. The standard InChI is InChI=1S/C15H18N2O/c1-17(15(18)14-4-2-3-5-14)11-13-8-6-12(10-16)7-9-13/h6-9,14H,2-5,11H2,1H3. The summed E-state index contributed by atoms with van der Waals surface area (Å²) in [5.41, 5.74) is 1.73. The molecule has 1 aliphatic carbocycles. The molecular weight excluding hydrogens is 224 g/mol. The van der Waals surface area contributed by atoms with Gasteiger partial charge in [0.1, 0.15) is 0 Å². The van der Waals surface area contributed by atoms with Gasteiger partial charge in [-0.2, -0.15) is 5.26 Å². The van der Waals surface area contributed by atoms with E-state index in [0.717, 1.165) is 18.4 Å². The number of amides is 1. The molecule has 0 saturated heterocycles. The molecule has 2 rings (SSSR count). The highest BCUT2D eigenvalue weighted by atomic mass is 16.2. The Balaban J connectivity index is 1.95. The summed E-state index contributed by atoms with van der Waals surface area (Å²) >= 11 is 0. The quantitative estimate of drug-likeness (QED) is 0.818. The van der Waals surface area contributed by atoms with E-state index in [9.17, 15) is 4.79 Å². The van der Waals surface area contributed by atoms with Crippen LogP contribution in [0.3, 0.4) is 0 Å².